The summed E-state index contributed by atoms with van der Waals surface area (Å²) in [5.41, 5.74) is 0. The van der Waals surface area contributed by atoms with Crippen LogP contribution in [0.4, 0.5) is 0 Å². The summed E-state index contributed by atoms with van der Waals surface area (Å²) in [7, 11) is 0. The Morgan fingerprint density at radius 2 is 1.62 bits per heavy atom. The van der Waals surface area contributed by atoms with Crippen molar-refractivity contribution in [2.75, 3.05) is 0 Å². The zero-order valence-corrected chi connectivity index (χ0v) is 6.58. The van der Waals surface area contributed by atoms with Crippen LogP contribution in [0.15, 0.2) is 0 Å². The zero-order valence-electron chi connectivity index (χ0n) is 4.31. The van der Waals surface area contributed by atoms with Crippen LogP contribution in [-0.4, -0.2) is 21.4 Å². The Hall–Kier alpha value is 0.830. The maximum Gasteiger partial charge on any atom is 0.135 e. The Balaban J connectivity index is 3.46. The second kappa shape index (κ2) is 3.78. The normalized spacial score (nSPS) is 18.8. The molecule has 0 aromatic rings. The van der Waals surface area contributed by atoms with Crippen LogP contribution in [-0.2, 0) is 0 Å². The van der Waals surface area contributed by atoms with Crippen LogP contribution < -0.4 is 0 Å². The van der Waals surface area contributed by atoms with E-state index in [0.29, 0.717) is 0 Å². The highest BCUT2D eigenvalue weighted by Crippen LogP contribution is 2.14. The number of hydrogen-bond acceptors (Lipinski definition) is 1. The lowest BCUT2D eigenvalue weighted by Crippen LogP contribution is -2.24. The van der Waals surface area contributed by atoms with E-state index in [1.165, 1.54) is 0 Å². The molecule has 0 bridgehead atoms. The molecule has 8 heavy (non-hydrogen) atoms. The predicted octanol–water partition coefficient (Wildman–Crippen LogP) is 1.78. The highest BCUT2D eigenvalue weighted by Gasteiger charge is 2.17. The molecule has 0 spiro atoms. The van der Waals surface area contributed by atoms with Gasteiger partial charge in [-0.05, 0) is 6.92 Å². The van der Waals surface area contributed by atoms with E-state index in [1.807, 2.05) is 0 Å². The minimum atomic E-state index is -0.833. The Bertz CT molecular complexity index is 56.3. The van der Waals surface area contributed by atoms with E-state index in [2.05, 4.69) is 0 Å². The van der Waals surface area contributed by atoms with Gasteiger partial charge in [0.05, 0.1) is 5.38 Å². The summed E-state index contributed by atoms with van der Waals surface area (Å²) in [6.45, 7) is 1.63. The molecule has 0 aliphatic rings. The summed E-state index contributed by atoms with van der Waals surface area (Å²) in [6.07, 6.45) is -0.833. The van der Waals surface area contributed by atoms with Gasteiger partial charge in [-0.15, -0.1) is 34.8 Å². The third-order valence-electron chi connectivity index (χ3n) is 0.729. The smallest absolute Gasteiger partial charge is 0.135 e. The number of alkyl halides is 3. The number of halogens is 3. The molecule has 0 radical (unpaired) electrons. The van der Waals surface area contributed by atoms with Crippen LogP contribution in [0.2, 0.25) is 0 Å². The fourth-order valence-corrected chi connectivity index (χ4v) is 0.931. The SMILES string of the molecule is CC(Cl)C(O)C(Cl)Cl. The number of hydrogen-bond donors (Lipinski definition) is 1. The Morgan fingerprint density at radius 3 is 1.62 bits per heavy atom. The fourth-order valence-electron chi connectivity index (χ4n) is 0.200. The van der Waals surface area contributed by atoms with Crippen molar-refractivity contribution in [1.29, 1.82) is 0 Å². The van der Waals surface area contributed by atoms with Crippen molar-refractivity contribution in [2.45, 2.75) is 23.2 Å². The van der Waals surface area contributed by atoms with Crippen LogP contribution in [0.5, 0.6) is 0 Å². The molecule has 0 saturated heterocycles. The summed E-state index contributed by atoms with van der Waals surface area (Å²) in [5.74, 6) is 0. The van der Waals surface area contributed by atoms with Crippen molar-refractivity contribution < 1.29 is 5.11 Å². The van der Waals surface area contributed by atoms with Gasteiger partial charge in [0.1, 0.15) is 10.9 Å². The third kappa shape index (κ3) is 2.98. The molecule has 0 amide bonds. The van der Waals surface area contributed by atoms with Crippen molar-refractivity contribution in [1.82, 2.24) is 0 Å². The van der Waals surface area contributed by atoms with Gasteiger partial charge in [-0.2, -0.15) is 0 Å². The van der Waals surface area contributed by atoms with E-state index in [9.17, 15) is 0 Å². The second-order valence-corrected chi connectivity index (χ2v) is 3.35. The first kappa shape index (κ1) is 8.83. The van der Waals surface area contributed by atoms with Gasteiger partial charge in [0.15, 0.2) is 0 Å². The maximum absolute atomic E-state index is 8.81. The van der Waals surface area contributed by atoms with Gasteiger partial charge >= 0.3 is 0 Å². The predicted molar refractivity (Wildman–Crippen MR) is 36.8 cm³/mol. The minimum Gasteiger partial charge on any atom is -0.389 e. The lowest BCUT2D eigenvalue weighted by Gasteiger charge is -2.11. The van der Waals surface area contributed by atoms with Gasteiger partial charge in [0.2, 0.25) is 0 Å². The molecule has 0 aromatic carbocycles. The lowest BCUT2D eigenvalue weighted by atomic mass is 10.3. The number of aliphatic hydroxyl groups excluding tert-OH is 1. The van der Waals surface area contributed by atoms with Gasteiger partial charge < -0.3 is 5.11 Å². The Kier molecular flexibility index (Phi) is 4.17. The minimum absolute atomic E-state index is 0.394. The lowest BCUT2D eigenvalue weighted by molar-refractivity contribution is 0.188. The average Bonchev–Trinajstić information content (AvgIpc) is 1.64. The van der Waals surface area contributed by atoms with Crippen LogP contribution in [0.1, 0.15) is 6.92 Å². The van der Waals surface area contributed by atoms with E-state index in [1.54, 1.807) is 6.92 Å². The molecule has 0 aliphatic heterocycles. The first-order chi connectivity index (χ1) is 3.55. The first-order valence-corrected chi connectivity index (χ1v) is 3.47. The maximum atomic E-state index is 8.81. The second-order valence-electron chi connectivity index (χ2n) is 1.50. The Labute approximate surface area is 63.5 Å². The van der Waals surface area contributed by atoms with E-state index in [4.69, 9.17) is 39.9 Å². The van der Waals surface area contributed by atoms with Crippen LogP contribution in [0.25, 0.3) is 0 Å². The molecule has 4 heteroatoms. The van der Waals surface area contributed by atoms with Crippen molar-refractivity contribution >= 4 is 34.8 Å². The van der Waals surface area contributed by atoms with Crippen LogP contribution in [0, 0.1) is 0 Å². The van der Waals surface area contributed by atoms with Gasteiger partial charge in [0.25, 0.3) is 0 Å². The van der Waals surface area contributed by atoms with Gasteiger partial charge in [-0.25, -0.2) is 0 Å². The highest BCUT2D eigenvalue weighted by atomic mass is 35.5. The number of aliphatic hydroxyl groups is 1. The third-order valence-corrected chi connectivity index (χ3v) is 1.50. The molecule has 0 aromatic heterocycles. The summed E-state index contributed by atoms with van der Waals surface area (Å²) in [6, 6.07) is 0. The fraction of sp³-hybridized carbons (Fsp3) is 1.00. The van der Waals surface area contributed by atoms with Crippen molar-refractivity contribution in [3.63, 3.8) is 0 Å². The summed E-state index contributed by atoms with van der Waals surface area (Å²) < 4.78 is 0. The zero-order chi connectivity index (χ0) is 6.73. The standard InChI is InChI=1S/C4H7Cl3O/c1-2(5)3(8)4(6)7/h2-4,8H,1H3. The van der Waals surface area contributed by atoms with E-state index in [-0.39, 0.29) is 0 Å². The summed E-state index contributed by atoms with van der Waals surface area (Å²) in [4.78, 5) is -0.789. The molecule has 1 N–H and O–H groups in total. The Morgan fingerprint density at radius 1 is 1.25 bits per heavy atom. The van der Waals surface area contributed by atoms with E-state index in [0.717, 1.165) is 0 Å². The van der Waals surface area contributed by atoms with Crippen LogP contribution in [0.3, 0.4) is 0 Å². The molecular formula is C4H7Cl3O. The van der Waals surface area contributed by atoms with E-state index >= 15 is 0 Å². The molecule has 2 atom stereocenters. The summed E-state index contributed by atoms with van der Waals surface area (Å²) >= 11 is 15.9. The quantitative estimate of drug-likeness (QED) is 0.638. The largest absolute Gasteiger partial charge is 0.389 e. The van der Waals surface area contributed by atoms with Gasteiger partial charge in [-0.1, -0.05) is 0 Å². The van der Waals surface area contributed by atoms with Crippen molar-refractivity contribution in [3.8, 4) is 0 Å². The molecule has 50 valence electrons. The molecule has 0 saturated carbocycles. The van der Waals surface area contributed by atoms with Gasteiger partial charge in [0, 0.05) is 0 Å². The molecule has 0 aliphatic carbocycles. The topological polar surface area (TPSA) is 20.2 Å². The molecule has 2 unspecified atom stereocenters. The monoisotopic (exact) mass is 176 g/mol. The molecule has 1 nitrogen and oxygen atoms in total. The van der Waals surface area contributed by atoms with Crippen LogP contribution >= 0.6 is 34.8 Å². The summed E-state index contributed by atoms with van der Waals surface area (Å²) in [5, 5.41) is 8.41. The molecule has 0 fully saturated rings. The molecule has 0 heterocycles. The van der Waals surface area contributed by atoms with Gasteiger partial charge in [-0.3, -0.25) is 0 Å². The first-order valence-electron chi connectivity index (χ1n) is 2.16. The van der Waals surface area contributed by atoms with E-state index < -0.39 is 16.3 Å². The molecule has 0 rings (SSSR count). The average molecular weight is 177 g/mol. The highest BCUT2D eigenvalue weighted by molar-refractivity contribution is 6.45. The van der Waals surface area contributed by atoms with Crippen molar-refractivity contribution in [3.05, 3.63) is 0 Å². The number of rotatable bonds is 2. The van der Waals surface area contributed by atoms with Crippen molar-refractivity contribution in [2.24, 2.45) is 0 Å². The molecular weight excluding hydrogens is 170 g/mol.